The van der Waals surface area contributed by atoms with E-state index in [0.717, 1.165) is 25.7 Å². The Labute approximate surface area is 118 Å². The van der Waals surface area contributed by atoms with Crippen molar-refractivity contribution >= 4 is 17.2 Å². The third-order valence-electron chi connectivity index (χ3n) is 4.04. The molecule has 19 heavy (non-hydrogen) atoms. The van der Waals surface area contributed by atoms with E-state index in [1.54, 1.807) is 11.3 Å². The number of rotatable bonds is 6. The Hall–Kier alpha value is -0.910. The van der Waals surface area contributed by atoms with Crippen molar-refractivity contribution in [1.82, 2.24) is 15.1 Å². The molecule has 3 rings (SSSR count). The molecule has 1 atom stereocenters. The normalized spacial score (nSPS) is 23.6. The Balaban J connectivity index is 1.62. The smallest absolute Gasteiger partial charge is 0.238 e. The van der Waals surface area contributed by atoms with Crippen LogP contribution in [0.25, 0.3) is 0 Å². The zero-order valence-corrected chi connectivity index (χ0v) is 12.2. The second-order valence-electron chi connectivity index (χ2n) is 5.29. The van der Waals surface area contributed by atoms with E-state index in [1.165, 1.54) is 18.4 Å². The highest BCUT2D eigenvalue weighted by molar-refractivity contribution is 7.07. The Morgan fingerprint density at radius 1 is 1.53 bits per heavy atom. The van der Waals surface area contributed by atoms with Crippen LogP contribution in [0.15, 0.2) is 16.8 Å². The Kier molecular flexibility index (Phi) is 3.86. The van der Waals surface area contributed by atoms with Gasteiger partial charge >= 0.3 is 0 Å². The van der Waals surface area contributed by atoms with E-state index < -0.39 is 0 Å². The van der Waals surface area contributed by atoms with Crippen molar-refractivity contribution in [1.29, 1.82) is 0 Å². The number of thiophene rings is 1. The highest BCUT2D eigenvalue weighted by Crippen LogP contribution is 2.28. The topological polar surface area (TPSA) is 35.6 Å². The van der Waals surface area contributed by atoms with Gasteiger partial charge in [0, 0.05) is 19.1 Å². The fourth-order valence-electron chi connectivity index (χ4n) is 2.80. The van der Waals surface area contributed by atoms with Crippen molar-refractivity contribution in [2.75, 3.05) is 26.2 Å². The summed E-state index contributed by atoms with van der Waals surface area (Å²) in [4.78, 5) is 16.5. The number of amides is 1. The van der Waals surface area contributed by atoms with Crippen LogP contribution >= 0.6 is 11.3 Å². The van der Waals surface area contributed by atoms with Gasteiger partial charge in [0.1, 0.15) is 6.17 Å². The van der Waals surface area contributed by atoms with Crippen LogP contribution in [0.4, 0.5) is 0 Å². The SMILES string of the molecule is CCN(CCN1C(=O)CNC1c1ccsc1)C1CC1. The molecule has 0 radical (unpaired) electrons. The fourth-order valence-corrected chi connectivity index (χ4v) is 3.48. The van der Waals surface area contributed by atoms with Gasteiger partial charge in [-0.05, 0) is 41.8 Å². The fraction of sp³-hybridized carbons (Fsp3) is 0.643. The molecule has 0 spiro atoms. The maximum atomic E-state index is 12.0. The summed E-state index contributed by atoms with van der Waals surface area (Å²) < 4.78 is 0. The molecule has 1 unspecified atom stereocenters. The quantitative estimate of drug-likeness (QED) is 0.860. The molecule has 4 nitrogen and oxygen atoms in total. The minimum absolute atomic E-state index is 0.0802. The second kappa shape index (κ2) is 5.61. The summed E-state index contributed by atoms with van der Waals surface area (Å²) in [5.74, 6) is 0.225. The van der Waals surface area contributed by atoms with E-state index >= 15 is 0 Å². The molecule has 0 aromatic carbocycles. The van der Waals surface area contributed by atoms with Gasteiger partial charge in [-0.25, -0.2) is 0 Å². The van der Waals surface area contributed by atoms with Crippen LogP contribution in [-0.4, -0.2) is 47.9 Å². The van der Waals surface area contributed by atoms with Gasteiger partial charge in [-0.3, -0.25) is 15.0 Å². The average Bonchev–Trinajstić information content (AvgIpc) is 2.98. The molecule has 1 aromatic rings. The van der Waals surface area contributed by atoms with Crippen molar-refractivity contribution in [3.05, 3.63) is 22.4 Å². The first-order valence-electron chi connectivity index (χ1n) is 7.08. The van der Waals surface area contributed by atoms with Crippen LogP contribution in [-0.2, 0) is 4.79 Å². The van der Waals surface area contributed by atoms with Gasteiger partial charge in [0.15, 0.2) is 0 Å². The van der Waals surface area contributed by atoms with Crippen LogP contribution in [0.5, 0.6) is 0 Å². The molecule has 1 amide bonds. The first-order chi connectivity index (χ1) is 9.29. The van der Waals surface area contributed by atoms with E-state index in [1.807, 2.05) is 4.90 Å². The average molecular weight is 279 g/mol. The number of likely N-dealkylation sites (N-methyl/N-ethyl adjacent to an activating group) is 1. The third kappa shape index (κ3) is 2.83. The molecule has 2 fully saturated rings. The molecule has 1 aromatic heterocycles. The largest absolute Gasteiger partial charge is 0.321 e. The minimum atomic E-state index is 0.0802. The molecule has 0 bridgehead atoms. The molecular formula is C14H21N3OS. The van der Waals surface area contributed by atoms with Crippen molar-refractivity contribution in [3.63, 3.8) is 0 Å². The molecule has 1 aliphatic carbocycles. The number of nitrogens with one attached hydrogen (secondary N) is 1. The van der Waals surface area contributed by atoms with Crippen molar-refractivity contribution in [3.8, 4) is 0 Å². The maximum absolute atomic E-state index is 12.0. The molecule has 2 aliphatic rings. The van der Waals surface area contributed by atoms with Crippen molar-refractivity contribution in [2.45, 2.75) is 32.0 Å². The number of hydrogen-bond donors (Lipinski definition) is 1. The first kappa shape index (κ1) is 13.1. The molecule has 1 saturated heterocycles. The van der Waals surface area contributed by atoms with E-state index in [-0.39, 0.29) is 12.1 Å². The van der Waals surface area contributed by atoms with Gasteiger partial charge in [0.25, 0.3) is 0 Å². The highest BCUT2D eigenvalue weighted by atomic mass is 32.1. The zero-order valence-electron chi connectivity index (χ0n) is 11.3. The van der Waals surface area contributed by atoms with E-state index in [2.05, 4.69) is 34.0 Å². The van der Waals surface area contributed by atoms with E-state index in [0.29, 0.717) is 6.54 Å². The molecular weight excluding hydrogens is 258 g/mol. The number of carbonyl (C=O) groups is 1. The summed E-state index contributed by atoms with van der Waals surface area (Å²) in [6, 6.07) is 2.88. The van der Waals surface area contributed by atoms with E-state index in [9.17, 15) is 4.79 Å². The van der Waals surface area contributed by atoms with Gasteiger partial charge in [0.05, 0.1) is 6.54 Å². The number of carbonyl (C=O) groups excluding carboxylic acids is 1. The highest BCUT2D eigenvalue weighted by Gasteiger charge is 2.33. The van der Waals surface area contributed by atoms with Gasteiger partial charge in [0.2, 0.25) is 5.91 Å². The summed E-state index contributed by atoms with van der Waals surface area (Å²) in [7, 11) is 0. The van der Waals surface area contributed by atoms with Gasteiger partial charge in [-0.15, -0.1) is 0 Å². The monoisotopic (exact) mass is 279 g/mol. The van der Waals surface area contributed by atoms with E-state index in [4.69, 9.17) is 0 Å². The Morgan fingerprint density at radius 3 is 3.00 bits per heavy atom. The second-order valence-corrected chi connectivity index (χ2v) is 6.07. The predicted octanol–water partition coefficient (Wildman–Crippen LogP) is 1.66. The summed E-state index contributed by atoms with van der Waals surface area (Å²) in [5.41, 5.74) is 1.21. The molecule has 1 saturated carbocycles. The summed E-state index contributed by atoms with van der Waals surface area (Å²) in [5, 5.41) is 7.51. The molecule has 104 valence electrons. The maximum Gasteiger partial charge on any atom is 0.238 e. The van der Waals surface area contributed by atoms with Crippen molar-refractivity contribution in [2.24, 2.45) is 0 Å². The standard InChI is InChI=1S/C14H21N3OS/c1-2-16(12-3-4-12)6-7-17-13(18)9-15-14(17)11-5-8-19-10-11/h5,8,10,12,14-15H,2-4,6-7,9H2,1H3. The minimum Gasteiger partial charge on any atom is -0.321 e. The lowest BCUT2D eigenvalue weighted by Crippen LogP contribution is -2.39. The lowest BCUT2D eigenvalue weighted by Gasteiger charge is -2.27. The molecule has 1 N–H and O–H groups in total. The van der Waals surface area contributed by atoms with Gasteiger partial charge < -0.3 is 4.90 Å². The molecule has 1 aliphatic heterocycles. The predicted molar refractivity (Wildman–Crippen MR) is 77.0 cm³/mol. The van der Waals surface area contributed by atoms with Crippen molar-refractivity contribution < 1.29 is 4.79 Å². The van der Waals surface area contributed by atoms with Gasteiger partial charge in [-0.1, -0.05) is 6.92 Å². The zero-order chi connectivity index (χ0) is 13.2. The lowest BCUT2D eigenvalue weighted by molar-refractivity contribution is -0.128. The first-order valence-corrected chi connectivity index (χ1v) is 8.03. The van der Waals surface area contributed by atoms with Gasteiger partial charge in [-0.2, -0.15) is 11.3 Å². The Bertz CT molecular complexity index is 430. The van der Waals surface area contributed by atoms with Crippen LogP contribution in [0.3, 0.4) is 0 Å². The summed E-state index contributed by atoms with van der Waals surface area (Å²) >= 11 is 1.69. The van der Waals surface area contributed by atoms with Crippen LogP contribution in [0.2, 0.25) is 0 Å². The number of hydrogen-bond acceptors (Lipinski definition) is 4. The molecule has 2 heterocycles. The third-order valence-corrected chi connectivity index (χ3v) is 4.74. The van der Waals surface area contributed by atoms with Crippen LogP contribution in [0, 0.1) is 0 Å². The number of nitrogens with zero attached hydrogens (tertiary/aromatic N) is 2. The molecule has 5 heteroatoms. The van der Waals surface area contributed by atoms with Crippen LogP contribution < -0.4 is 5.32 Å². The Morgan fingerprint density at radius 2 is 2.37 bits per heavy atom. The summed E-state index contributed by atoms with van der Waals surface area (Å²) in [6.07, 6.45) is 2.73. The summed E-state index contributed by atoms with van der Waals surface area (Å²) in [6.45, 7) is 5.59. The van der Waals surface area contributed by atoms with Crippen LogP contribution in [0.1, 0.15) is 31.5 Å². The lowest BCUT2D eigenvalue weighted by atomic mass is 10.2.